The van der Waals surface area contributed by atoms with Crippen molar-refractivity contribution in [2.75, 3.05) is 0 Å². The molecule has 0 aromatic heterocycles. The number of amides is 1. The van der Waals surface area contributed by atoms with Gasteiger partial charge in [-0.15, -0.1) is 0 Å². The molecular weight excluding hydrogens is 280 g/mol. The van der Waals surface area contributed by atoms with Gasteiger partial charge in [-0.25, -0.2) is 13.6 Å². The quantitative estimate of drug-likeness (QED) is 0.835. The number of carboxylic acid groups (broad SMARTS) is 1. The average Bonchev–Trinajstić information content (AvgIpc) is 3.14. The Morgan fingerprint density at radius 1 is 1.32 bits per heavy atom. The molecule has 1 aromatic carbocycles. The van der Waals surface area contributed by atoms with E-state index in [-0.39, 0.29) is 5.92 Å². The predicted octanol–water partition coefficient (Wildman–Crippen LogP) is 2.21. The molecule has 1 aromatic rings. The van der Waals surface area contributed by atoms with Crippen molar-refractivity contribution in [1.29, 1.82) is 0 Å². The highest BCUT2D eigenvalue weighted by atomic mass is 35.5. The average molecular weight is 290 g/mol. The van der Waals surface area contributed by atoms with Crippen LogP contribution in [0.4, 0.5) is 8.78 Å². The van der Waals surface area contributed by atoms with Crippen LogP contribution in [0, 0.1) is 17.6 Å². The van der Waals surface area contributed by atoms with E-state index in [1.54, 1.807) is 0 Å². The van der Waals surface area contributed by atoms with E-state index in [0.717, 1.165) is 0 Å². The van der Waals surface area contributed by atoms with Gasteiger partial charge >= 0.3 is 5.97 Å². The van der Waals surface area contributed by atoms with Gasteiger partial charge in [-0.2, -0.15) is 0 Å². The van der Waals surface area contributed by atoms with Gasteiger partial charge in [-0.05, 0) is 30.9 Å². The number of carbonyl (C=O) groups excluding carboxylic acids is 1. The monoisotopic (exact) mass is 289 g/mol. The van der Waals surface area contributed by atoms with Crippen molar-refractivity contribution in [3.63, 3.8) is 0 Å². The maximum Gasteiger partial charge on any atom is 0.326 e. The first-order chi connectivity index (χ1) is 8.90. The number of carbonyl (C=O) groups is 2. The van der Waals surface area contributed by atoms with Gasteiger partial charge in [0, 0.05) is 0 Å². The molecule has 0 aliphatic heterocycles. The van der Waals surface area contributed by atoms with Crippen LogP contribution < -0.4 is 5.32 Å². The number of benzene rings is 1. The summed E-state index contributed by atoms with van der Waals surface area (Å²) >= 11 is 5.37. The SMILES string of the molecule is O=C(NC(C(=O)O)C1CC1)c1cc(F)c(Cl)cc1F. The van der Waals surface area contributed by atoms with Crippen LogP contribution in [0.5, 0.6) is 0 Å². The van der Waals surface area contributed by atoms with E-state index < -0.39 is 40.1 Å². The molecule has 102 valence electrons. The summed E-state index contributed by atoms with van der Waals surface area (Å²) in [5, 5.41) is 10.7. The zero-order valence-electron chi connectivity index (χ0n) is 9.62. The molecule has 1 atom stereocenters. The van der Waals surface area contributed by atoms with Gasteiger partial charge in [0.25, 0.3) is 5.91 Å². The first-order valence-corrected chi connectivity index (χ1v) is 5.96. The second-order valence-electron chi connectivity index (χ2n) is 4.37. The molecule has 0 bridgehead atoms. The van der Waals surface area contributed by atoms with Crippen LogP contribution in [-0.2, 0) is 4.79 Å². The lowest BCUT2D eigenvalue weighted by atomic mass is 10.1. The molecule has 7 heteroatoms. The predicted molar refractivity (Wildman–Crippen MR) is 63.0 cm³/mol. The fourth-order valence-corrected chi connectivity index (χ4v) is 1.88. The van der Waals surface area contributed by atoms with E-state index in [1.165, 1.54) is 0 Å². The molecule has 1 aliphatic rings. The third kappa shape index (κ3) is 3.01. The third-order valence-electron chi connectivity index (χ3n) is 2.90. The molecule has 1 aliphatic carbocycles. The first-order valence-electron chi connectivity index (χ1n) is 5.58. The van der Waals surface area contributed by atoms with Gasteiger partial charge in [0.2, 0.25) is 0 Å². The number of aliphatic carboxylic acids is 1. The Balaban J connectivity index is 2.19. The van der Waals surface area contributed by atoms with Crippen molar-refractivity contribution >= 4 is 23.5 Å². The Labute approximate surface area is 112 Å². The largest absolute Gasteiger partial charge is 0.480 e. The summed E-state index contributed by atoms with van der Waals surface area (Å²) in [5.41, 5.74) is -0.561. The summed E-state index contributed by atoms with van der Waals surface area (Å²) < 4.78 is 26.7. The van der Waals surface area contributed by atoms with Crippen LogP contribution in [0.1, 0.15) is 23.2 Å². The highest BCUT2D eigenvalue weighted by Crippen LogP contribution is 2.33. The molecule has 0 spiro atoms. The van der Waals surface area contributed by atoms with E-state index in [0.29, 0.717) is 25.0 Å². The highest BCUT2D eigenvalue weighted by Gasteiger charge is 2.37. The third-order valence-corrected chi connectivity index (χ3v) is 3.19. The second-order valence-corrected chi connectivity index (χ2v) is 4.78. The fraction of sp³-hybridized carbons (Fsp3) is 0.333. The van der Waals surface area contributed by atoms with E-state index in [9.17, 15) is 18.4 Å². The van der Waals surface area contributed by atoms with Crippen LogP contribution in [-0.4, -0.2) is 23.0 Å². The number of nitrogens with one attached hydrogen (secondary N) is 1. The Kier molecular flexibility index (Phi) is 3.71. The van der Waals surface area contributed by atoms with Crippen LogP contribution in [0.15, 0.2) is 12.1 Å². The lowest BCUT2D eigenvalue weighted by Crippen LogP contribution is -2.42. The fourth-order valence-electron chi connectivity index (χ4n) is 1.73. The minimum absolute atomic E-state index is 0.151. The summed E-state index contributed by atoms with van der Waals surface area (Å²) in [6.45, 7) is 0. The maximum absolute atomic E-state index is 13.5. The van der Waals surface area contributed by atoms with Crippen LogP contribution in [0.3, 0.4) is 0 Å². The molecule has 19 heavy (non-hydrogen) atoms. The Bertz CT molecular complexity index is 546. The molecule has 0 saturated heterocycles. The van der Waals surface area contributed by atoms with Gasteiger partial charge in [-0.3, -0.25) is 4.79 Å². The van der Waals surface area contributed by atoms with Crippen molar-refractivity contribution in [2.45, 2.75) is 18.9 Å². The number of hydrogen-bond acceptors (Lipinski definition) is 2. The standard InChI is InChI=1S/C12H10ClF2NO3/c13-7-4-8(14)6(3-9(7)15)11(17)16-10(12(18)19)5-1-2-5/h3-5,10H,1-2H2,(H,16,17)(H,18,19). The van der Waals surface area contributed by atoms with E-state index in [1.807, 2.05) is 0 Å². The molecule has 2 rings (SSSR count). The minimum Gasteiger partial charge on any atom is -0.480 e. The van der Waals surface area contributed by atoms with Crippen LogP contribution >= 0.6 is 11.6 Å². The molecule has 2 N–H and O–H groups in total. The second kappa shape index (κ2) is 5.13. The summed E-state index contributed by atoms with van der Waals surface area (Å²) in [4.78, 5) is 22.7. The van der Waals surface area contributed by atoms with E-state index in [2.05, 4.69) is 5.32 Å². The number of carboxylic acids is 1. The zero-order chi connectivity index (χ0) is 14.2. The van der Waals surface area contributed by atoms with Crippen molar-refractivity contribution in [1.82, 2.24) is 5.32 Å². The smallest absolute Gasteiger partial charge is 0.326 e. The number of halogens is 3. The molecule has 0 heterocycles. The van der Waals surface area contributed by atoms with Crippen molar-refractivity contribution in [2.24, 2.45) is 5.92 Å². The van der Waals surface area contributed by atoms with Crippen molar-refractivity contribution < 1.29 is 23.5 Å². The molecule has 0 radical (unpaired) electrons. The van der Waals surface area contributed by atoms with Crippen molar-refractivity contribution in [3.05, 3.63) is 34.4 Å². The highest BCUT2D eigenvalue weighted by molar-refractivity contribution is 6.30. The lowest BCUT2D eigenvalue weighted by molar-refractivity contribution is -0.139. The lowest BCUT2D eigenvalue weighted by Gasteiger charge is -2.14. The maximum atomic E-state index is 13.5. The number of rotatable bonds is 4. The summed E-state index contributed by atoms with van der Waals surface area (Å²) in [6, 6.07) is 0.253. The van der Waals surface area contributed by atoms with Crippen LogP contribution in [0.2, 0.25) is 5.02 Å². The molecule has 1 saturated carbocycles. The summed E-state index contributed by atoms with van der Waals surface area (Å²) in [5.74, 6) is -4.24. The van der Waals surface area contributed by atoms with Gasteiger partial charge in [-0.1, -0.05) is 11.6 Å². The van der Waals surface area contributed by atoms with Gasteiger partial charge in [0.15, 0.2) is 0 Å². The normalized spacial score (nSPS) is 15.9. The summed E-state index contributed by atoms with van der Waals surface area (Å²) in [7, 11) is 0. The van der Waals surface area contributed by atoms with E-state index in [4.69, 9.17) is 16.7 Å². The number of hydrogen-bond donors (Lipinski definition) is 2. The summed E-state index contributed by atoms with van der Waals surface area (Å²) in [6.07, 6.45) is 1.38. The molecule has 4 nitrogen and oxygen atoms in total. The van der Waals surface area contributed by atoms with Gasteiger partial charge in [0.1, 0.15) is 17.7 Å². The topological polar surface area (TPSA) is 66.4 Å². The van der Waals surface area contributed by atoms with Gasteiger partial charge < -0.3 is 10.4 Å². The molecule has 1 fully saturated rings. The Morgan fingerprint density at radius 3 is 2.47 bits per heavy atom. The zero-order valence-corrected chi connectivity index (χ0v) is 10.4. The minimum atomic E-state index is -1.19. The van der Waals surface area contributed by atoms with Crippen LogP contribution in [0.25, 0.3) is 0 Å². The van der Waals surface area contributed by atoms with E-state index >= 15 is 0 Å². The Morgan fingerprint density at radius 2 is 1.95 bits per heavy atom. The molecular formula is C12H10ClF2NO3. The molecule has 1 unspecified atom stereocenters. The Hall–Kier alpha value is -1.69. The molecule has 1 amide bonds. The van der Waals surface area contributed by atoms with Crippen molar-refractivity contribution in [3.8, 4) is 0 Å². The van der Waals surface area contributed by atoms with Gasteiger partial charge in [0.05, 0.1) is 10.6 Å². The first kappa shape index (κ1) is 13.7.